The largest absolute Gasteiger partial charge is 0.481 e. The molecule has 5 aromatic rings. The van der Waals surface area contributed by atoms with Crippen molar-refractivity contribution < 1.29 is 14.6 Å². The zero-order chi connectivity index (χ0) is 34.8. The van der Waals surface area contributed by atoms with Gasteiger partial charge in [-0.2, -0.15) is 0 Å². The molecular weight excluding hydrogens is 675 g/mol. The second-order valence-corrected chi connectivity index (χ2v) is 13.6. The molecule has 7 rings (SSSR count). The Morgan fingerprint density at radius 1 is 0.980 bits per heavy atom. The van der Waals surface area contributed by atoms with E-state index in [4.69, 9.17) is 32.9 Å². The lowest BCUT2D eigenvalue weighted by Gasteiger charge is -2.22. The Kier molecular flexibility index (Phi) is 10.2. The first kappa shape index (κ1) is 34.1. The van der Waals surface area contributed by atoms with Gasteiger partial charge in [0, 0.05) is 78.3 Å². The number of hydrogen-bond donors (Lipinski definition) is 3. The van der Waals surface area contributed by atoms with Gasteiger partial charge in [0.15, 0.2) is 0 Å². The van der Waals surface area contributed by atoms with Crippen LogP contribution in [0.3, 0.4) is 0 Å². The summed E-state index contributed by atoms with van der Waals surface area (Å²) in [5.41, 5.74) is 6.39. The lowest BCUT2D eigenvalue weighted by molar-refractivity contribution is -0.119. The maximum atomic E-state index is 13.4. The number of hydrogen-bond acceptors (Lipinski definition) is 8. The van der Waals surface area contributed by atoms with Crippen molar-refractivity contribution >= 4 is 34.8 Å². The van der Waals surface area contributed by atoms with Crippen LogP contribution in [0.25, 0.3) is 39.2 Å². The van der Waals surface area contributed by atoms with Crippen molar-refractivity contribution in [2.45, 2.75) is 50.9 Å². The third-order valence-corrected chi connectivity index (χ3v) is 10.5. The van der Waals surface area contributed by atoms with E-state index >= 15 is 0 Å². The molecule has 2 saturated heterocycles. The SMILES string of the molecule is COc1nc(-c2cccc(-c3cccc(-c4ccn5c(=O)c(CN6CCCC6CO)cnc5c4)c3Cl)c2Cl)ccc1CNCC1CCC(=O)N1. The van der Waals surface area contributed by atoms with Gasteiger partial charge in [-0.05, 0) is 49.6 Å². The molecule has 1 amide bonds. The van der Waals surface area contributed by atoms with E-state index in [1.165, 1.54) is 0 Å². The molecule has 2 fully saturated rings. The molecule has 0 spiro atoms. The second-order valence-electron chi connectivity index (χ2n) is 12.8. The first-order valence-corrected chi connectivity index (χ1v) is 17.6. The quantitative estimate of drug-likeness (QED) is 0.159. The number of aromatic nitrogens is 3. The number of nitrogens with zero attached hydrogens (tertiary/aromatic N) is 4. The van der Waals surface area contributed by atoms with Gasteiger partial charge in [0.2, 0.25) is 11.8 Å². The highest BCUT2D eigenvalue weighted by Gasteiger charge is 2.25. The molecule has 0 bridgehead atoms. The monoisotopic (exact) mass is 712 g/mol. The van der Waals surface area contributed by atoms with Gasteiger partial charge in [0.05, 0.1) is 35.0 Å². The average Bonchev–Trinajstić information content (AvgIpc) is 3.77. The molecule has 3 aromatic heterocycles. The van der Waals surface area contributed by atoms with Gasteiger partial charge in [-0.3, -0.25) is 18.9 Å². The van der Waals surface area contributed by atoms with Crippen LogP contribution < -0.4 is 20.9 Å². The Morgan fingerprint density at radius 3 is 2.48 bits per heavy atom. The number of ether oxygens (including phenoxy) is 1. The predicted molar refractivity (Wildman–Crippen MR) is 196 cm³/mol. The zero-order valence-electron chi connectivity index (χ0n) is 27.7. The fourth-order valence-electron chi connectivity index (χ4n) is 6.96. The smallest absolute Gasteiger partial charge is 0.262 e. The maximum Gasteiger partial charge on any atom is 0.262 e. The second kappa shape index (κ2) is 14.9. The summed E-state index contributed by atoms with van der Waals surface area (Å²) < 4.78 is 7.20. The van der Waals surface area contributed by atoms with Gasteiger partial charge in [-0.25, -0.2) is 9.97 Å². The molecule has 2 atom stereocenters. The number of fused-ring (bicyclic) bond motifs is 1. The highest BCUT2D eigenvalue weighted by Crippen LogP contribution is 2.42. The number of likely N-dealkylation sites (tertiary alicyclic amines) is 1. The van der Waals surface area contributed by atoms with Gasteiger partial charge in [-0.15, -0.1) is 0 Å². The molecule has 10 nitrogen and oxygen atoms in total. The van der Waals surface area contributed by atoms with Gasteiger partial charge in [0.25, 0.3) is 5.56 Å². The number of pyridine rings is 2. The minimum Gasteiger partial charge on any atom is -0.481 e. The molecule has 3 N–H and O–H groups in total. The normalized spacial score (nSPS) is 17.8. The van der Waals surface area contributed by atoms with Gasteiger partial charge >= 0.3 is 0 Å². The van der Waals surface area contributed by atoms with E-state index in [1.54, 1.807) is 23.9 Å². The van der Waals surface area contributed by atoms with Crippen LogP contribution in [0.5, 0.6) is 5.88 Å². The average molecular weight is 714 g/mol. The number of methoxy groups -OCH3 is 1. The van der Waals surface area contributed by atoms with E-state index in [-0.39, 0.29) is 30.2 Å². The number of aliphatic hydroxyl groups excluding tert-OH is 1. The summed E-state index contributed by atoms with van der Waals surface area (Å²) in [5, 5.41) is 17.1. The van der Waals surface area contributed by atoms with Crippen LogP contribution in [0, 0.1) is 0 Å². The molecule has 0 saturated carbocycles. The van der Waals surface area contributed by atoms with Crippen LogP contribution in [0.4, 0.5) is 0 Å². The Balaban J connectivity index is 1.14. The van der Waals surface area contributed by atoms with E-state index < -0.39 is 0 Å². The Hall–Kier alpha value is -4.32. The van der Waals surface area contributed by atoms with E-state index in [2.05, 4.69) is 20.5 Å². The maximum absolute atomic E-state index is 13.4. The molecule has 2 unspecified atom stereocenters. The first-order valence-electron chi connectivity index (χ1n) is 16.8. The minimum atomic E-state index is -0.123. The molecular formula is C38H38Cl2N6O4. The number of rotatable bonds is 11. The van der Waals surface area contributed by atoms with E-state index in [0.717, 1.165) is 59.2 Å². The third kappa shape index (κ3) is 6.86. The highest BCUT2D eigenvalue weighted by molar-refractivity contribution is 6.39. The summed E-state index contributed by atoms with van der Waals surface area (Å²) in [4.78, 5) is 36.4. The van der Waals surface area contributed by atoms with Crippen LogP contribution in [-0.4, -0.2) is 69.2 Å². The standard InChI is InChI=1S/C38H38Cl2N6O4/c1-50-37-24(18-41-20-26-11-13-34(48)43-26)10-12-32(44-37)31-9-3-8-30(36(31)40)29-7-2-6-28(35(29)39)23-14-16-46-33(17-23)42-19-25(38(46)49)21-45-15-4-5-27(45)22-47/h2-3,6-10,12,14,16-17,19,26-27,41,47H,4-5,11,13,15,18,20-22H2,1H3,(H,43,48). The van der Waals surface area contributed by atoms with Crippen LogP contribution in [0.15, 0.2) is 77.9 Å². The van der Waals surface area contributed by atoms with Crippen molar-refractivity contribution in [1.29, 1.82) is 0 Å². The van der Waals surface area contributed by atoms with Crippen molar-refractivity contribution in [2.24, 2.45) is 0 Å². The topological polar surface area (TPSA) is 121 Å². The first-order chi connectivity index (χ1) is 24.3. The van der Waals surface area contributed by atoms with Crippen molar-refractivity contribution in [3.63, 3.8) is 0 Å². The van der Waals surface area contributed by atoms with Crippen LogP contribution in [0.1, 0.15) is 36.8 Å². The number of aliphatic hydroxyl groups is 1. The summed E-state index contributed by atoms with van der Waals surface area (Å²) in [6.45, 7) is 2.62. The molecule has 50 heavy (non-hydrogen) atoms. The molecule has 258 valence electrons. The number of carbonyl (C=O) groups is 1. The minimum absolute atomic E-state index is 0.0766. The van der Waals surface area contributed by atoms with Crippen molar-refractivity contribution in [3.8, 4) is 39.4 Å². The summed E-state index contributed by atoms with van der Waals surface area (Å²) in [6, 6.07) is 19.4. The molecule has 0 radical (unpaired) electrons. The van der Waals surface area contributed by atoms with Crippen molar-refractivity contribution in [1.82, 2.24) is 29.9 Å². The Bertz CT molecular complexity index is 2120. The summed E-state index contributed by atoms with van der Waals surface area (Å²) >= 11 is 14.2. The Labute approximate surface area is 300 Å². The van der Waals surface area contributed by atoms with Crippen molar-refractivity contribution in [3.05, 3.63) is 105 Å². The van der Waals surface area contributed by atoms with Crippen LogP contribution in [0.2, 0.25) is 10.0 Å². The number of benzene rings is 2. The molecule has 0 aliphatic carbocycles. The van der Waals surface area contributed by atoms with Gasteiger partial charge < -0.3 is 20.5 Å². The van der Waals surface area contributed by atoms with E-state index in [9.17, 15) is 14.7 Å². The van der Waals surface area contributed by atoms with Gasteiger partial charge in [0.1, 0.15) is 5.65 Å². The van der Waals surface area contributed by atoms with Crippen LogP contribution >= 0.6 is 23.2 Å². The number of nitrogens with one attached hydrogen (secondary N) is 2. The van der Waals surface area contributed by atoms with Crippen molar-refractivity contribution in [2.75, 3.05) is 26.8 Å². The third-order valence-electron chi connectivity index (χ3n) is 9.66. The molecule has 2 aromatic carbocycles. The lowest BCUT2D eigenvalue weighted by Crippen LogP contribution is -2.35. The molecule has 2 aliphatic rings. The molecule has 12 heteroatoms. The van der Waals surface area contributed by atoms with E-state index in [0.29, 0.717) is 58.9 Å². The number of amides is 1. The highest BCUT2D eigenvalue weighted by atomic mass is 35.5. The predicted octanol–water partition coefficient (Wildman–Crippen LogP) is 5.73. The fraction of sp³-hybridized carbons (Fsp3) is 0.316. The Morgan fingerprint density at radius 2 is 1.74 bits per heavy atom. The fourth-order valence-corrected chi connectivity index (χ4v) is 7.62. The number of carbonyl (C=O) groups excluding carboxylic acids is 1. The molecule has 2 aliphatic heterocycles. The van der Waals surface area contributed by atoms with E-state index in [1.807, 2.05) is 60.7 Å². The summed E-state index contributed by atoms with van der Waals surface area (Å²) in [5.74, 6) is 0.589. The van der Waals surface area contributed by atoms with Gasteiger partial charge in [-0.1, -0.05) is 65.7 Å². The van der Waals surface area contributed by atoms with Crippen LogP contribution in [-0.2, 0) is 17.9 Å². The zero-order valence-corrected chi connectivity index (χ0v) is 29.2. The molecule has 5 heterocycles. The summed E-state index contributed by atoms with van der Waals surface area (Å²) in [7, 11) is 1.59. The lowest BCUT2D eigenvalue weighted by atomic mass is 9.97. The number of halogens is 2. The summed E-state index contributed by atoms with van der Waals surface area (Å²) in [6.07, 6.45) is 6.71.